The number of carbonyl (C=O) groups is 2. The van der Waals surface area contributed by atoms with Crippen molar-refractivity contribution in [1.29, 1.82) is 0 Å². The number of benzene rings is 1. The Morgan fingerprint density at radius 2 is 1.79 bits per heavy atom. The van der Waals surface area contributed by atoms with Crippen molar-refractivity contribution in [1.82, 2.24) is 10.6 Å². The Bertz CT molecular complexity index is 1200. The van der Waals surface area contributed by atoms with E-state index in [-0.39, 0.29) is 25.9 Å². The Morgan fingerprint density at radius 3 is 2.43 bits per heavy atom. The summed E-state index contributed by atoms with van der Waals surface area (Å²) in [5.74, 6) is -0.879. The zero-order valence-electron chi connectivity index (χ0n) is 26.5. The van der Waals surface area contributed by atoms with Crippen molar-refractivity contribution in [2.75, 3.05) is 34.0 Å². The minimum absolute atomic E-state index is 0.0490. The molecule has 1 amide bonds. The lowest BCUT2D eigenvalue weighted by molar-refractivity contribution is -0.270. The van der Waals surface area contributed by atoms with E-state index in [1.807, 2.05) is 30.3 Å². The zero-order chi connectivity index (χ0) is 34.6. The molecule has 1 aromatic rings. The van der Waals surface area contributed by atoms with E-state index in [0.29, 0.717) is 30.7 Å². The summed E-state index contributed by atoms with van der Waals surface area (Å²) >= 11 is 10.7. The quantitative estimate of drug-likeness (QED) is 0.0575. The molecule has 0 radical (unpaired) electrons. The molecular weight excluding hydrogens is 679 g/mol. The normalized spacial score (nSPS) is 30.2. The van der Waals surface area contributed by atoms with Crippen LogP contribution in [0, 0.1) is 5.92 Å². The molecule has 15 nitrogen and oxygen atoms in total. The van der Waals surface area contributed by atoms with Gasteiger partial charge in [-0.3, -0.25) is 4.79 Å². The number of amides is 1. The number of hydrogen-bond donors (Lipinski definition) is 6. The van der Waals surface area contributed by atoms with E-state index in [9.17, 15) is 29.8 Å². The maximum Gasteiger partial charge on any atom is 0.508 e. The highest BCUT2D eigenvalue weighted by molar-refractivity contribution is 8.07. The predicted octanol–water partition coefficient (Wildman–Crippen LogP) is 1.04. The lowest BCUT2D eigenvalue weighted by Crippen LogP contribution is -2.64. The van der Waals surface area contributed by atoms with Crippen molar-refractivity contribution >= 4 is 47.8 Å². The van der Waals surface area contributed by atoms with Gasteiger partial charge in [0.1, 0.15) is 49.8 Å². The van der Waals surface area contributed by atoms with Crippen LogP contribution in [0.25, 0.3) is 0 Å². The van der Waals surface area contributed by atoms with Crippen LogP contribution in [-0.4, -0.2) is 120 Å². The summed E-state index contributed by atoms with van der Waals surface area (Å²) in [6.07, 6.45) is -5.18. The first-order chi connectivity index (χ1) is 22.4. The number of ether oxygens (including phenoxy) is 5. The summed E-state index contributed by atoms with van der Waals surface area (Å²) < 4.78 is 38.4. The molecule has 6 N–H and O–H groups in total. The molecule has 1 saturated carbocycles. The number of methoxy groups -OCH3 is 1. The molecule has 0 bridgehead atoms. The molecule has 2 unspecified atom stereocenters. The number of carbonyl (C=O) groups excluding carboxylic acids is 2. The minimum Gasteiger partial charge on any atom is -0.434 e. The highest BCUT2D eigenvalue weighted by atomic mass is 32.5. The van der Waals surface area contributed by atoms with Gasteiger partial charge >= 0.3 is 12.9 Å². The van der Waals surface area contributed by atoms with E-state index in [0.717, 1.165) is 5.56 Å². The highest BCUT2D eigenvalue weighted by Crippen LogP contribution is 2.48. The van der Waals surface area contributed by atoms with Gasteiger partial charge in [-0.05, 0) is 43.1 Å². The van der Waals surface area contributed by atoms with Gasteiger partial charge in [0.05, 0.1) is 17.6 Å². The van der Waals surface area contributed by atoms with E-state index in [4.69, 9.17) is 56.8 Å². The van der Waals surface area contributed by atoms with Crippen LogP contribution < -0.4 is 10.6 Å². The Kier molecular flexibility index (Phi) is 16.3. The monoisotopic (exact) mass is 724 g/mol. The van der Waals surface area contributed by atoms with Crippen molar-refractivity contribution in [2.24, 2.45) is 5.92 Å². The average Bonchev–Trinajstić information content (AvgIpc) is 3.36. The molecule has 0 aromatic heterocycles. The largest absolute Gasteiger partial charge is 0.508 e. The van der Waals surface area contributed by atoms with Crippen molar-refractivity contribution < 1.29 is 62.5 Å². The summed E-state index contributed by atoms with van der Waals surface area (Å²) in [4.78, 5) is 34.9. The van der Waals surface area contributed by atoms with Crippen LogP contribution in [0.3, 0.4) is 0 Å². The SMILES string of the molecule is CO[C@H]1C(OP(O)(=S)OC)[C@@H](COC(=O)OCc2ccccc2)C[C@@H]1NC(=S)CCCCO[C@@H]1O[C@H](CO)[C@H](O)[C@H](O)[C@H]1NC(C)=O. The summed E-state index contributed by atoms with van der Waals surface area (Å²) in [6.45, 7) is -2.74. The minimum atomic E-state index is -3.60. The topological polar surface area (TPSA) is 204 Å². The predicted molar refractivity (Wildman–Crippen MR) is 175 cm³/mol. The van der Waals surface area contributed by atoms with Crippen LogP contribution in [0.15, 0.2) is 30.3 Å². The third-order valence-electron chi connectivity index (χ3n) is 7.79. The zero-order valence-corrected chi connectivity index (χ0v) is 29.0. The standard InChI is InChI=1S/C29H45N2O13PS2/c1-17(33)30-23-25(35)24(34)21(14-32)43-28(23)40-12-8-7-11-22(46)31-20-13-19(26(27(20)38-2)44-45(37,47)39-3)16-42-29(36)41-15-18-9-5-4-6-10-18/h4-6,9-10,19-21,23-28,32,34-35H,7-8,11-16H2,1-3H3,(H,30,33)(H,31,46)(H,37,47)/t19-,20+,21-,23-,24+,25-,26?,27-,28-,45?/m1/s1. The Hall–Kier alpha value is -1.86. The van der Waals surface area contributed by atoms with Gasteiger partial charge in [-0.15, -0.1) is 0 Å². The fourth-order valence-electron chi connectivity index (χ4n) is 5.45. The van der Waals surface area contributed by atoms with Crippen LogP contribution in [0.5, 0.6) is 0 Å². The van der Waals surface area contributed by atoms with Gasteiger partial charge in [0.25, 0.3) is 0 Å². The van der Waals surface area contributed by atoms with Crippen molar-refractivity contribution in [2.45, 2.75) is 88.1 Å². The van der Waals surface area contributed by atoms with Crippen LogP contribution in [0.4, 0.5) is 4.79 Å². The van der Waals surface area contributed by atoms with E-state index in [2.05, 4.69) is 10.6 Å². The molecule has 1 heterocycles. The Labute approximate surface area is 284 Å². The van der Waals surface area contributed by atoms with Crippen LogP contribution in [-0.2, 0) is 55.9 Å². The number of nitrogens with one attached hydrogen (secondary N) is 2. The lowest BCUT2D eigenvalue weighted by atomic mass is 9.97. The Morgan fingerprint density at radius 1 is 1.06 bits per heavy atom. The number of aliphatic hydroxyl groups is 3. The van der Waals surface area contributed by atoms with E-state index in [1.165, 1.54) is 21.1 Å². The molecule has 3 rings (SSSR count). The van der Waals surface area contributed by atoms with Gasteiger partial charge < -0.3 is 63.6 Å². The molecule has 10 atom stereocenters. The summed E-state index contributed by atoms with van der Waals surface area (Å²) in [6, 6.07) is 7.77. The van der Waals surface area contributed by atoms with Crippen molar-refractivity contribution in [3.8, 4) is 0 Å². The van der Waals surface area contributed by atoms with E-state index >= 15 is 0 Å². The van der Waals surface area contributed by atoms with Crippen molar-refractivity contribution in [3.63, 3.8) is 0 Å². The molecule has 1 aromatic carbocycles. The molecule has 1 saturated heterocycles. The number of unbranched alkanes of at least 4 members (excludes halogenated alkanes) is 1. The summed E-state index contributed by atoms with van der Waals surface area (Å²) in [7, 11) is 2.73. The second kappa shape index (κ2) is 19.4. The number of hydrogen-bond acceptors (Lipinski definition) is 14. The van der Waals surface area contributed by atoms with Gasteiger partial charge in [0.15, 0.2) is 6.29 Å². The van der Waals surface area contributed by atoms with Gasteiger partial charge in [0, 0.05) is 33.7 Å². The number of rotatable bonds is 17. The first kappa shape index (κ1) is 39.6. The van der Waals surface area contributed by atoms with Gasteiger partial charge in [-0.1, -0.05) is 42.5 Å². The fourth-order valence-corrected chi connectivity index (χ4v) is 6.73. The van der Waals surface area contributed by atoms with E-state index < -0.39 is 74.2 Å². The Balaban J connectivity index is 1.51. The van der Waals surface area contributed by atoms with Crippen LogP contribution >= 0.6 is 18.9 Å². The van der Waals surface area contributed by atoms with E-state index in [1.54, 1.807) is 0 Å². The molecule has 266 valence electrons. The third-order valence-corrected chi connectivity index (χ3v) is 9.79. The first-order valence-corrected chi connectivity index (χ1v) is 18.1. The smallest absolute Gasteiger partial charge is 0.434 e. The molecule has 47 heavy (non-hydrogen) atoms. The van der Waals surface area contributed by atoms with Gasteiger partial charge in [-0.2, -0.15) is 0 Å². The molecule has 1 aliphatic carbocycles. The van der Waals surface area contributed by atoms with Crippen LogP contribution in [0.2, 0.25) is 0 Å². The molecular formula is C29H45N2O13PS2. The average molecular weight is 725 g/mol. The van der Waals surface area contributed by atoms with Gasteiger partial charge in [-0.25, -0.2) is 4.79 Å². The second-order valence-electron chi connectivity index (χ2n) is 11.2. The fraction of sp³-hybridized carbons (Fsp3) is 0.690. The number of aliphatic hydroxyl groups excluding tert-OH is 3. The van der Waals surface area contributed by atoms with Gasteiger partial charge in [0.2, 0.25) is 5.91 Å². The highest BCUT2D eigenvalue weighted by Gasteiger charge is 2.48. The molecule has 0 spiro atoms. The summed E-state index contributed by atoms with van der Waals surface area (Å²) in [5.41, 5.74) is 0.807. The summed E-state index contributed by atoms with van der Waals surface area (Å²) in [5, 5.41) is 35.8. The molecule has 2 aliphatic rings. The van der Waals surface area contributed by atoms with Crippen LogP contribution in [0.1, 0.15) is 38.2 Å². The second-order valence-corrected chi connectivity index (χ2v) is 14.6. The number of thiocarbonyl (C=S) groups is 1. The maximum atomic E-state index is 12.3. The third kappa shape index (κ3) is 12.2. The van der Waals surface area contributed by atoms with Crippen molar-refractivity contribution in [3.05, 3.63) is 35.9 Å². The maximum absolute atomic E-state index is 12.3. The molecule has 2 fully saturated rings. The molecule has 18 heteroatoms. The lowest BCUT2D eigenvalue weighted by Gasteiger charge is -2.42. The first-order valence-electron chi connectivity index (χ1n) is 15.1. The molecule has 1 aliphatic heterocycles.